The van der Waals surface area contributed by atoms with Gasteiger partial charge in [0.2, 0.25) is 0 Å². The lowest BCUT2D eigenvalue weighted by Crippen LogP contribution is -2.39. The molecule has 0 atom stereocenters. The number of nitrogens with zero attached hydrogens (tertiary/aromatic N) is 1. The molecular weight excluding hydrogens is 258 g/mol. The molecule has 0 heterocycles. The molecule has 19 heavy (non-hydrogen) atoms. The van der Waals surface area contributed by atoms with Gasteiger partial charge in [-0.25, -0.2) is 0 Å². The van der Waals surface area contributed by atoms with Gasteiger partial charge in [0.1, 0.15) is 0 Å². The standard InChI is InChI=1S/C16H24ClNO/c1-18(11-14-5-7-15(17)8-6-14)12-16(13-19)9-3-2-4-10-16/h5-8,19H,2-4,9-13H2,1H3. The predicted molar refractivity (Wildman–Crippen MR) is 80.4 cm³/mol. The first kappa shape index (κ1) is 14.8. The van der Waals surface area contributed by atoms with Gasteiger partial charge in [0.25, 0.3) is 0 Å². The monoisotopic (exact) mass is 281 g/mol. The van der Waals surface area contributed by atoms with Crippen molar-refractivity contribution in [1.29, 1.82) is 0 Å². The summed E-state index contributed by atoms with van der Waals surface area (Å²) in [5.74, 6) is 0. The Morgan fingerprint density at radius 1 is 1.16 bits per heavy atom. The third kappa shape index (κ3) is 4.20. The zero-order chi connectivity index (χ0) is 13.7. The summed E-state index contributed by atoms with van der Waals surface area (Å²) in [5.41, 5.74) is 1.40. The quantitative estimate of drug-likeness (QED) is 0.889. The van der Waals surface area contributed by atoms with Crippen molar-refractivity contribution in [3.63, 3.8) is 0 Å². The van der Waals surface area contributed by atoms with Crippen LogP contribution in [0.15, 0.2) is 24.3 Å². The van der Waals surface area contributed by atoms with Crippen LogP contribution < -0.4 is 0 Å². The maximum Gasteiger partial charge on any atom is 0.0499 e. The van der Waals surface area contributed by atoms with E-state index in [4.69, 9.17) is 11.6 Å². The molecule has 2 rings (SSSR count). The molecule has 0 aliphatic heterocycles. The van der Waals surface area contributed by atoms with Crippen LogP contribution >= 0.6 is 11.6 Å². The van der Waals surface area contributed by atoms with Crippen LogP contribution in [-0.2, 0) is 6.54 Å². The number of benzene rings is 1. The molecule has 1 saturated carbocycles. The highest BCUT2D eigenvalue weighted by Gasteiger charge is 2.32. The van der Waals surface area contributed by atoms with Crippen molar-refractivity contribution >= 4 is 11.6 Å². The number of aliphatic hydroxyl groups excluding tert-OH is 1. The molecule has 0 saturated heterocycles. The van der Waals surface area contributed by atoms with Crippen molar-refractivity contribution in [2.75, 3.05) is 20.2 Å². The molecule has 3 heteroatoms. The van der Waals surface area contributed by atoms with Crippen molar-refractivity contribution in [2.45, 2.75) is 38.6 Å². The maximum atomic E-state index is 9.75. The van der Waals surface area contributed by atoms with E-state index in [9.17, 15) is 5.11 Å². The van der Waals surface area contributed by atoms with Gasteiger partial charge < -0.3 is 10.0 Å². The second-order valence-electron chi connectivity index (χ2n) is 6.02. The SMILES string of the molecule is CN(Cc1ccc(Cl)cc1)CC1(CO)CCCCC1. The van der Waals surface area contributed by atoms with E-state index >= 15 is 0 Å². The van der Waals surface area contributed by atoms with Crippen LogP contribution in [0.5, 0.6) is 0 Å². The Bertz CT molecular complexity index is 384. The largest absolute Gasteiger partial charge is 0.396 e. The zero-order valence-electron chi connectivity index (χ0n) is 11.7. The van der Waals surface area contributed by atoms with Crippen molar-refractivity contribution in [3.8, 4) is 0 Å². The van der Waals surface area contributed by atoms with Gasteiger partial charge in [-0.3, -0.25) is 0 Å². The van der Waals surface area contributed by atoms with Crippen LogP contribution in [0.1, 0.15) is 37.7 Å². The minimum atomic E-state index is 0.124. The Morgan fingerprint density at radius 2 is 1.79 bits per heavy atom. The van der Waals surface area contributed by atoms with Gasteiger partial charge >= 0.3 is 0 Å². The molecule has 2 nitrogen and oxygen atoms in total. The minimum Gasteiger partial charge on any atom is -0.396 e. The Kier molecular flexibility index (Phi) is 5.26. The van der Waals surface area contributed by atoms with E-state index in [1.807, 2.05) is 12.1 Å². The molecule has 1 aromatic carbocycles. The normalized spacial score (nSPS) is 18.7. The first-order valence-electron chi connectivity index (χ1n) is 7.17. The first-order valence-corrected chi connectivity index (χ1v) is 7.55. The van der Waals surface area contributed by atoms with Crippen LogP contribution in [0.2, 0.25) is 5.02 Å². The molecule has 106 valence electrons. The second kappa shape index (κ2) is 6.74. The summed E-state index contributed by atoms with van der Waals surface area (Å²) < 4.78 is 0. The minimum absolute atomic E-state index is 0.124. The topological polar surface area (TPSA) is 23.5 Å². The van der Waals surface area contributed by atoms with Gasteiger partial charge in [-0.2, -0.15) is 0 Å². The lowest BCUT2D eigenvalue weighted by Gasteiger charge is -2.38. The van der Waals surface area contributed by atoms with Crippen molar-refractivity contribution in [1.82, 2.24) is 4.90 Å². The summed E-state index contributed by atoms with van der Waals surface area (Å²) in [6, 6.07) is 8.02. The fraction of sp³-hybridized carbons (Fsp3) is 0.625. The van der Waals surface area contributed by atoms with E-state index in [0.717, 1.165) is 31.0 Å². The molecule has 0 radical (unpaired) electrons. The summed E-state index contributed by atoms with van der Waals surface area (Å²) >= 11 is 5.90. The third-order valence-electron chi connectivity index (χ3n) is 4.22. The van der Waals surface area contributed by atoms with Crippen molar-refractivity contribution in [3.05, 3.63) is 34.9 Å². The average Bonchev–Trinajstić information content (AvgIpc) is 2.42. The lowest BCUT2D eigenvalue weighted by atomic mass is 9.74. The van der Waals surface area contributed by atoms with Crippen LogP contribution in [0.3, 0.4) is 0 Å². The number of hydrogen-bond donors (Lipinski definition) is 1. The molecule has 1 fully saturated rings. The summed E-state index contributed by atoms with van der Waals surface area (Å²) in [6.07, 6.45) is 6.16. The Labute approximate surface area is 121 Å². The van der Waals surface area contributed by atoms with E-state index in [1.165, 1.54) is 24.8 Å². The Hall–Kier alpha value is -0.570. The summed E-state index contributed by atoms with van der Waals surface area (Å²) in [7, 11) is 2.14. The third-order valence-corrected chi connectivity index (χ3v) is 4.47. The van der Waals surface area contributed by atoms with Gasteiger partial charge in [-0.15, -0.1) is 0 Å². The van der Waals surface area contributed by atoms with E-state index in [-0.39, 0.29) is 5.41 Å². The molecule has 1 aliphatic rings. The predicted octanol–water partition coefficient (Wildman–Crippen LogP) is 3.71. The molecule has 0 bridgehead atoms. The second-order valence-corrected chi connectivity index (χ2v) is 6.45. The average molecular weight is 282 g/mol. The van der Waals surface area contributed by atoms with Crippen LogP contribution in [0.4, 0.5) is 0 Å². The fourth-order valence-electron chi connectivity index (χ4n) is 3.20. The number of halogens is 1. The molecule has 1 aliphatic carbocycles. The molecule has 0 unspecified atom stereocenters. The van der Waals surface area contributed by atoms with E-state index in [1.54, 1.807) is 0 Å². The van der Waals surface area contributed by atoms with Crippen molar-refractivity contribution in [2.24, 2.45) is 5.41 Å². The lowest BCUT2D eigenvalue weighted by molar-refractivity contribution is 0.0464. The van der Waals surface area contributed by atoms with Gasteiger partial charge in [-0.05, 0) is 37.6 Å². The van der Waals surface area contributed by atoms with Crippen LogP contribution in [0.25, 0.3) is 0 Å². The molecule has 1 N–H and O–H groups in total. The Balaban J connectivity index is 1.92. The zero-order valence-corrected chi connectivity index (χ0v) is 12.5. The Morgan fingerprint density at radius 3 is 2.37 bits per heavy atom. The van der Waals surface area contributed by atoms with E-state index in [2.05, 4.69) is 24.1 Å². The van der Waals surface area contributed by atoms with Gasteiger partial charge in [0.15, 0.2) is 0 Å². The van der Waals surface area contributed by atoms with E-state index in [0.29, 0.717) is 6.61 Å². The summed E-state index contributed by atoms with van der Waals surface area (Å²) in [6.45, 7) is 2.21. The van der Waals surface area contributed by atoms with Gasteiger partial charge in [0, 0.05) is 30.1 Å². The molecule has 0 aromatic heterocycles. The smallest absolute Gasteiger partial charge is 0.0499 e. The highest BCUT2D eigenvalue weighted by Crippen LogP contribution is 2.36. The molecular formula is C16H24ClNO. The molecule has 1 aromatic rings. The summed E-state index contributed by atoms with van der Waals surface area (Å²) in [4.78, 5) is 2.32. The molecule has 0 spiro atoms. The van der Waals surface area contributed by atoms with Gasteiger partial charge in [-0.1, -0.05) is 43.0 Å². The number of rotatable bonds is 5. The first-order chi connectivity index (χ1) is 9.13. The highest BCUT2D eigenvalue weighted by molar-refractivity contribution is 6.30. The van der Waals surface area contributed by atoms with Crippen LogP contribution in [0, 0.1) is 5.41 Å². The van der Waals surface area contributed by atoms with Crippen LogP contribution in [-0.4, -0.2) is 30.2 Å². The maximum absolute atomic E-state index is 9.75. The van der Waals surface area contributed by atoms with Gasteiger partial charge in [0.05, 0.1) is 0 Å². The highest BCUT2D eigenvalue weighted by atomic mass is 35.5. The summed E-state index contributed by atoms with van der Waals surface area (Å²) in [5, 5.41) is 10.5. The molecule has 0 amide bonds. The van der Waals surface area contributed by atoms with E-state index < -0.39 is 0 Å². The number of aliphatic hydroxyl groups is 1. The van der Waals surface area contributed by atoms with Crippen molar-refractivity contribution < 1.29 is 5.11 Å². The fourth-order valence-corrected chi connectivity index (χ4v) is 3.32. The number of hydrogen-bond acceptors (Lipinski definition) is 2.